The Kier molecular flexibility index (Phi) is 4.90. The molecule has 0 spiro atoms. The maximum atomic E-state index is 5.32. The Hall–Kier alpha value is -0.980. The van der Waals surface area contributed by atoms with E-state index < -0.39 is 0 Å². The van der Waals surface area contributed by atoms with Gasteiger partial charge < -0.3 is 19.4 Å². The molecule has 0 unspecified atom stereocenters. The monoisotopic (exact) mass is 240 g/mol. The molecule has 96 valence electrons. The zero-order valence-corrected chi connectivity index (χ0v) is 10.3. The van der Waals surface area contributed by atoms with Crippen LogP contribution in [0.15, 0.2) is 6.33 Å². The third-order valence-electron chi connectivity index (χ3n) is 3.00. The van der Waals surface area contributed by atoms with Crippen LogP contribution in [0.3, 0.4) is 0 Å². The standard InChI is InChI=1S/C11H20N4O2/c1-16-7-4-15-9-13-14-11(15)8-12-10-2-5-17-6-3-10/h9-10,12H,2-8H2,1H3. The van der Waals surface area contributed by atoms with Crippen molar-refractivity contribution in [3.63, 3.8) is 0 Å². The van der Waals surface area contributed by atoms with Crippen molar-refractivity contribution in [1.82, 2.24) is 20.1 Å². The van der Waals surface area contributed by atoms with Gasteiger partial charge >= 0.3 is 0 Å². The number of hydrogen-bond donors (Lipinski definition) is 1. The molecule has 1 saturated heterocycles. The van der Waals surface area contributed by atoms with Gasteiger partial charge in [0.25, 0.3) is 0 Å². The summed E-state index contributed by atoms with van der Waals surface area (Å²) in [6, 6.07) is 0.538. The molecule has 1 aliphatic heterocycles. The molecule has 6 heteroatoms. The van der Waals surface area contributed by atoms with Crippen molar-refractivity contribution < 1.29 is 9.47 Å². The molecule has 0 atom stereocenters. The van der Waals surface area contributed by atoms with Crippen LogP contribution in [0.4, 0.5) is 0 Å². The minimum absolute atomic E-state index is 0.538. The third-order valence-corrected chi connectivity index (χ3v) is 3.00. The molecular formula is C11H20N4O2. The number of aromatic nitrogens is 3. The quantitative estimate of drug-likeness (QED) is 0.769. The highest BCUT2D eigenvalue weighted by Crippen LogP contribution is 2.07. The fourth-order valence-corrected chi connectivity index (χ4v) is 1.93. The van der Waals surface area contributed by atoms with Gasteiger partial charge in [0.15, 0.2) is 0 Å². The van der Waals surface area contributed by atoms with Crippen LogP contribution in [-0.4, -0.2) is 47.7 Å². The maximum Gasteiger partial charge on any atom is 0.146 e. The van der Waals surface area contributed by atoms with Gasteiger partial charge in [-0.25, -0.2) is 0 Å². The summed E-state index contributed by atoms with van der Waals surface area (Å²) in [5.41, 5.74) is 0. The molecule has 2 heterocycles. The van der Waals surface area contributed by atoms with Gasteiger partial charge in [-0.05, 0) is 12.8 Å². The number of nitrogens with zero attached hydrogens (tertiary/aromatic N) is 3. The number of nitrogens with one attached hydrogen (secondary N) is 1. The number of ether oxygens (including phenoxy) is 2. The Labute approximate surface area is 101 Å². The summed E-state index contributed by atoms with van der Waals surface area (Å²) < 4.78 is 12.4. The minimum Gasteiger partial charge on any atom is -0.383 e. The lowest BCUT2D eigenvalue weighted by Crippen LogP contribution is -2.35. The smallest absolute Gasteiger partial charge is 0.146 e. The van der Waals surface area contributed by atoms with Crippen LogP contribution in [0.2, 0.25) is 0 Å². The predicted octanol–water partition coefficient (Wildman–Crippen LogP) is 0.193. The molecule has 1 fully saturated rings. The first kappa shape index (κ1) is 12.5. The van der Waals surface area contributed by atoms with Crippen LogP contribution < -0.4 is 5.32 Å². The van der Waals surface area contributed by atoms with Crippen molar-refractivity contribution in [1.29, 1.82) is 0 Å². The van der Waals surface area contributed by atoms with Crippen LogP contribution in [0.1, 0.15) is 18.7 Å². The van der Waals surface area contributed by atoms with Crippen LogP contribution in [0.5, 0.6) is 0 Å². The first-order valence-corrected chi connectivity index (χ1v) is 6.07. The van der Waals surface area contributed by atoms with Gasteiger partial charge in [-0.3, -0.25) is 0 Å². The summed E-state index contributed by atoms with van der Waals surface area (Å²) in [5, 5.41) is 11.5. The predicted molar refractivity (Wildman–Crippen MR) is 62.6 cm³/mol. The van der Waals surface area contributed by atoms with Gasteiger partial charge in [0.05, 0.1) is 13.2 Å². The van der Waals surface area contributed by atoms with Gasteiger partial charge in [0.2, 0.25) is 0 Å². The van der Waals surface area contributed by atoms with E-state index in [9.17, 15) is 0 Å². The molecular weight excluding hydrogens is 220 g/mol. The van der Waals surface area contributed by atoms with Crippen LogP contribution in [0, 0.1) is 0 Å². The lowest BCUT2D eigenvalue weighted by atomic mass is 10.1. The molecule has 1 N–H and O–H groups in total. The highest BCUT2D eigenvalue weighted by molar-refractivity contribution is 4.86. The van der Waals surface area contributed by atoms with E-state index in [0.29, 0.717) is 12.6 Å². The van der Waals surface area contributed by atoms with E-state index in [0.717, 1.165) is 45.0 Å². The Morgan fingerprint density at radius 2 is 2.35 bits per heavy atom. The second-order valence-electron chi connectivity index (χ2n) is 4.20. The molecule has 1 aromatic rings. The molecule has 0 bridgehead atoms. The fraction of sp³-hybridized carbons (Fsp3) is 0.818. The summed E-state index contributed by atoms with van der Waals surface area (Å²) >= 11 is 0. The lowest BCUT2D eigenvalue weighted by molar-refractivity contribution is 0.0773. The van der Waals surface area contributed by atoms with Crippen molar-refractivity contribution in [2.45, 2.75) is 32.0 Å². The average Bonchev–Trinajstić information content (AvgIpc) is 2.82. The fourth-order valence-electron chi connectivity index (χ4n) is 1.93. The number of methoxy groups -OCH3 is 1. The largest absolute Gasteiger partial charge is 0.383 e. The second kappa shape index (κ2) is 6.68. The van der Waals surface area contributed by atoms with E-state index in [1.807, 2.05) is 4.57 Å². The van der Waals surface area contributed by atoms with Crippen LogP contribution >= 0.6 is 0 Å². The molecule has 0 amide bonds. The first-order valence-electron chi connectivity index (χ1n) is 6.07. The minimum atomic E-state index is 0.538. The SMILES string of the molecule is COCCn1cnnc1CNC1CCOCC1. The molecule has 1 aliphatic rings. The zero-order valence-electron chi connectivity index (χ0n) is 10.3. The number of hydrogen-bond acceptors (Lipinski definition) is 5. The molecule has 1 aromatic heterocycles. The molecule has 0 aliphatic carbocycles. The van der Waals surface area contributed by atoms with Gasteiger partial charge in [-0.15, -0.1) is 10.2 Å². The van der Waals surface area contributed by atoms with Crippen molar-refractivity contribution >= 4 is 0 Å². The Morgan fingerprint density at radius 3 is 3.12 bits per heavy atom. The van der Waals surface area contributed by atoms with Crippen molar-refractivity contribution in [2.75, 3.05) is 26.9 Å². The number of rotatable bonds is 6. The highest BCUT2D eigenvalue weighted by Gasteiger charge is 2.14. The van der Waals surface area contributed by atoms with E-state index in [2.05, 4.69) is 15.5 Å². The summed E-state index contributed by atoms with van der Waals surface area (Å²) in [4.78, 5) is 0. The van der Waals surface area contributed by atoms with E-state index in [-0.39, 0.29) is 0 Å². The summed E-state index contributed by atoms with van der Waals surface area (Å²) in [7, 11) is 1.70. The second-order valence-corrected chi connectivity index (χ2v) is 4.20. The van der Waals surface area contributed by atoms with Crippen molar-refractivity contribution in [3.05, 3.63) is 12.2 Å². The lowest BCUT2D eigenvalue weighted by Gasteiger charge is -2.23. The molecule has 0 aromatic carbocycles. The summed E-state index contributed by atoms with van der Waals surface area (Å²) in [6.45, 7) is 3.95. The maximum absolute atomic E-state index is 5.32. The Balaban J connectivity index is 1.79. The van der Waals surface area contributed by atoms with E-state index in [4.69, 9.17) is 9.47 Å². The molecule has 6 nitrogen and oxygen atoms in total. The zero-order chi connectivity index (χ0) is 11.9. The molecule has 0 radical (unpaired) electrons. The molecule has 2 rings (SSSR count). The molecule has 0 saturated carbocycles. The van der Waals surface area contributed by atoms with Crippen LogP contribution in [-0.2, 0) is 22.6 Å². The van der Waals surface area contributed by atoms with Gasteiger partial charge in [0.1, 0.15) is 12.2 Å². The summed E-state index contributed by atoms with van der Waals surface area (Å²) in [5.74, 6) is 0.966. The van der Waals surface area contributed by atoms with E-state index in [1.165, 1.54) is 0 Å². The Bertz CT molecular complexity index is 323. The third kappa shape index (κ3) is 3.76. The van der Waals surface area contributed by atoms with E-state index >= 15 is 0 Å². The van der Waals surface area contributed by atoms with Gasteiger partial charge in [0, 0.05) is 32.9 Å². The average molecular weight is 240 g/mol. The van der Waals surface area contributed by atoms with Gasteiger partial charge in [-0.2, -0.15) is 0 Å². The van der Waals surface area contributed by atoms with Crippen molar-refractivity contribution in [3.8, 4) is 0 Å². The van der Waals surface area contributed by atoms with Crippen molar-refractivity contribution in [2.24, 2.45) is 0 Å². The van der Waals surface area contributed by atoms with Crippen LogP contribution in [0.25, 0.3) is 0 Å². The topological polar surface area (TPSA) is 61.2 Å². The molecule has 17 heavy (non-hydrogen) atoms. The highest BCUT2D eigenvalue weighted by atomic mass is 16.5. The van der Waals surface area contributed by atoms with E-state index in [1.54, 1.807) is 13.4 Å². The van der Waals surface area contributed by atoms with Gasteiger partial charge in [-0.1, -0.05) is 0 Å². The Morgan fingerprint density at radius 1 is 1.53 bits per heavy atom. The summed E-state index contributed by atoms with van der Waals surface area (Å²) in [6.07, 6.45) is 3.90. The normalized spacial score (nSPS) is 17.5. The first-order chi connectivity index (χ1) is 8.40.